The van der Waals surface area contributed by atoms with Gasteiger partial charge in [0.2, 0.25) is 0 Å². The molecule has 1 aromatic carbocycles. The normalized spacial score (nSPS) is 16.3. The molecule has 0 saturated carbocycles. The summed E-state index contributed by atoms with van der Waals surface area (Å²) in [5.74, 6) is -0.689. The third kappa shape index (κ3) is 4.57. The number of fused-ring (bicyclic) bond motifs is 1. The predicted molar refractivity (Wildman–Crippen MR) is 85.3 cm³/mol. The molecule has 1 aromatic rings. The molecule has 1 heterocycles. The van der Waals surface area contributed by atoms with E-state index in [-0.39, 0.29) is 0 Å². The first-order valence-corrected chi connectivity index (χ1v) is 8.01. The third-order valence-electron chi connectivity index (χ3n) is 4.54. The lowest BCUT2D eigenvalue weighted by Gasteiger charge is -2.22. The van der Waals surface area contributed by atoms with Crippen LogP contribution in [0.25, 0.3) is 0 Å². The molecule has 2 rings (SSSR count). The minimum Gasteiger partial charge on any atom is -0.481 e. The number of hydrogen-bond acceptors (Lipinski definition) is 2. The van der Waals surface area contributed by atoms with E-state index in [1.807, 2.05) is 13.8 Å². The molecule has 0 aromatic heterocycles. The molecule has 0 aliphatic carbocycles. The first-order valence-electron chi connectivity index (χ1n) is 8.01. The molecule has 1 aliphatic heterocycles. The number of nitrogens with zero attached hydrogens (tertiary/aromatic N) is 1. The second-order valence-electron chi connectivity index (χ2n) is 6.79. The largest absolute Gasteiger partial charge is 0.481 e. The van der Waals surface area contributed by atoms with Crippen LogP contribution in [0, 0.1) is 5.41 Å². The molecule has 3 heteroatoms. The van der Waals surface area contributed by atoms with Crippen LogP contribution in [-0.4, -0.2) is 29.1 Å². The smallest absolute Gasteiger partial charge is 0.309 e. The Bertz CT molecular complexity index is 482. The lowest BCUT2D eigenvalue weighted by atomic mass is 9.87. The van der Waals surface area contributed by atoms with E-state index >= 15 is 0 Å². The summed E-state index contributed by atoms with van der Waals surface area (Å²) in [5, 5.41) is 9.13. The number of aliphatic carboxylic acids is 1. The van der Waals surface area contributed by atoms with E-state index < -0.39 is 11.4 Å². The van der Waals surface area contributed by atoms with Crippen molar-refractivity contribution >= 4 is 5.97 Å². The van der Waals surface area contributed by atoms with Gasteiger partial charge in [0.05, 0.1) is 5.41 Å². The highest BCUT2D eigenvalue weighted by molar-refractivity contribution is 5.73. The van der Waals surface area contributed by atoms with Crippen LogP contribution >= 0.6 is 0 Å². The van der Waals surface area contributed by atoms with Gasteiger partial charge in [-0.3, -0.25) is 9.69 Å². The zero-order chi connectivity index (χ0) is 15.3. The molecule has 0 unspecified atom stereocenters. The molecule has 1 N–H and O–H groups in total. The van der Waals surface area contributed by atoms with Crippen LogP contribution in [0.2, 0.25) is 0 Å². The lowest BCUT2D eigenvalue weighted by molar-refractivity contribution is -0.147. The summed E-state index contributed by atoms with van der Waals surface area (Å²) >= 11 is 0. The zero-order valence-corrected chi connectivity index (χ0v) is 13.3. The molecule has 0 fully saturated rings. The van der Waals surface area contributed by atoms with Crippen LogP contribution in [0.5, 0.6) is 0 Å². The molecular weight excluding hydrogens is 262 g/mol. The fourth-order valence-electron chi connectivity index (χ4n) is 2.97. The molecule has 0 radical (unpaired) electrons. The van der Waals surface area contributed by atoms with Crippen LogP contribution in [0.15, 0.2) is 24.3 Å². The van der Waals surface area contributed by atoms with E-state index in [1.165, 1.54) is 24.0 Å². The summed E-state index contributed by atoms with van der Waals surface area (Å²) in [6.07, 6.45) is 5.22. The van der Waals surface area contributed by atoms with Gasteiger partial charge in [-0.15, -0.1) is 0 Å². The molecule has 21 heavy (non-hydrogen) atoms. The number of aryl methyl sites for hydroxylation is 1. The summed E-state index contributed by atoms with van der Waals surface area (Å²) in [5.41, 5.74) is 2.36. The predicted octanol–water partition coefficient (Wildman–Crippen LogP) is 3.72. The van der Waals surface area contributed by atoms with Gasteiger partial charge in [0.1, 0.15) is 0 Å². The average Bonchev–Trinajstić information content (AvgIpc) is 2.65. The minimum absolute atomic E-state index is 0.592. The number of carbonyl (C=O) groups is 1. The first kappa shape index (κ1) is 16.0. The van der Waals surface area contributed by atoms with E-state index in [0.29, 0.717) is 0 Å². The van der Waals surface area contributed by atoms with Crippen molar-refractivity contribution in [3.8, 4) is 0 Å². The van der Waals surface area contributed by atoms with Crippen molar-refractivity contribution in [2.75, 3.05) is 13.1 Å². The van der Waals surface area contributed by atoms with E-state index in [2.05, 4.69) is 29.2 Å². The minimum atomic E-state index is -0.689. The number of hydrogen-bond donors (Lipinski definition) is 1. The number of benzene rings is 1. The molecule has 0 amide bonds. The van der Waals surface area contributed by atoms with Gasteiger partial charge in [-0.05, 0) is 63.7 Å². The highest BCUT2D eigenvalue weighted by atomic mass is 16.4. The maximum Gasteiger partial charge on any atom is 0.309 e. The Morgan fingerprint density at radius 3 is 2.67 bits per heavy atom. The maximum atomic E-state index is 11.1. The van der Waals surface area contributed by atoms with Gasteiger partial charge >= 0.3 is 5.97 Å². The summed E-state index contributed by atoms with van der Waals surface area (Å²) in [6.45, 7) is 6.90. The monoisotopic (exact) mass is 289 g/mol. The van der Waals surface area contributed by atoms with Gasteiger partial charge in [0, 0.05) is 6.54 Å². The van der Waals surface area contributed by atoms with Crippen LogP contribution in [0.3, 0.4) is 0 Å². The van der Waals surface area contributed by atoms with Crippen molar-refractivity contribution in [3.05, 3.63) is 35.4 Å². The maximum absolute atomic E-state index is 11.1. The second-order valence-corrected chi connectivity index (χ2v) is 6.79. The van der Waals surface area contributed by atoms with Crippen LogP contribution < -0.4 is 0 Å². The van der Waals surface area contributed by atoms with Gasteiger partial charge in [0.15, 0.2) is 0 Å². The number of unbranched alkanes of at least 4 members (excludes halogenated alkanes) is 1. The summed E-state index contributed by atoms with van der Waals surface area (Å²) < 4.78 is 0. The Morgan fingerprint density at radius 1 is 1.24 bits per heavy atom. The molecule has 1 aliphatic rings. The van der Waals surface area contributed by atoms with Gasteiger partial charge in [-0.1, -0.05) is 30.7 Å². The summed E-state index contributed by atoms with van der Waals surface area (Å²) in [6, 6.07) is 8.73. The Balaban J connectivity index is 1.78. The topological polar surface area (TPSA) is 40.5 Å². The number of rotatable bonds is 6. The molecule has 0 spiro atoms. The standard InChI is InChI=1S/C18H27NO2/c1-18(2,17(20)21)11-5-6-12-19-13-7-10-15-8-3-4-9-16(15)14-19/h3-4,8-9H,5-7,10-14H2,1-2H3,(H,20,21). The van der Waals surface area contributed by atoms with E-state index in [4.69, 9.17) is 5.11 Å². The van der Waals surface area contributed by atoms with Crippen LogP contribution in [-0.2, 0) is 17.8 Å². The first-order chi connectivity index (χ1) is 9.99. The Morgan fingerprint density at radius 2 is 1.95 bits per heavy atom. The van der Waals surface area contributed by atoms with Gasteiger partial charge < -0.3 is 5.11 Å². The highest BCUT2D eigenvalue weighted by Crippen LogP contribution is 2.24. The Labute approximate surface area is 128 Å². The zero-order valence-electron chi connectivity index (χ0n) is 13.3. The van der Waals surface area contributed by atoms with Crippen molar-refractivity contribution < 1.29 is 9.90 Å². The molecule has 116 valence electrons. The Kier molecular flexibility index (Phi) is 5.40. The molecule has 3 nitrogen and oxygen atoms in total. The van der Waals surface area contributed by atoms with Crippen molar-refractivity contribution in [1.29, 1.82) is 0 Å². The molecule has 0 saturated heterocycles. The quantitative estimate of drug-likeness (QED) is 0.811. The Hall–Kier alpha value is -1.35. The molecular formula is C18H27NO2. The van der Waals surface area contributed by atoms with Gasteiger partial charge in [0.25, 0.3) is 0 Å². The fourth-order valence-corrected chi connectivity index (χ4v) is 2.97. The van der Waals surface area contributed by atoms with Crippen LogP contribution in [0.4, 0.5) is 0 Å². The van der Waals surface area contributed by atoms with Crippen LogP contribution in [0.1, 0.15) is 50.7 Å². The van der Waals surface area contributed by atoms with Crippen molar-refractivity contribution in [3.63, 3.8) is 0 Å². The molecule has 0 bridgehead atoms. The summed E-state index contributed by atoms with van der Waals surface area (Å²) in [7, 11) is 0. The van der Waals surface area contributed by atoms with E-state index in [0.717, 1.165) is 38.9 Å². The van der Waals surface area contributed by atoms with Gasteiger partial charge in [-0.25, -0.2) is 0 Å². The fraction of sp³-hybridized carbons (Fsp3) is 0.611. The van der Waals surface area contributed by atoms with E-state index in [9.17, 15) is 4.79 Å². The van der Waals surface area contributed by atoms with Crippen molar-refractivity contribution in [2.24, 2.45) is 5.41 Å². The second kappa shape index (κ2) is 7.08. The third-order valence-corrected chi connectivity index (χ3v) is 4.54. The van der Waals surface area contributed by atoms with Crippen molar-refractivity contribution in [2.45, 2.75) is 52.5 Å². The average molecular weight is 289 g/mol. The highest BCUT2D eigenvalue weighted by Gasteiger charge is 2.26. The number of carboxylic acid groups (broad SMARTS) is 1. The number of carboxylic acids is 1. The molecule has 0 atom stereocenters. The van der Waals surface area contributed by atoms with Gasteiger partial charge in [-0.2, -0.15) is 0 Å². The lowest BCUT2D eigenvalue weighted by Crippen LogP contribution is -2.26. The SMILES string of the molecule is CC(C)(CCCCN1CCCc2ccccc2C1)C(=O)O. The van der Waals surface area contributed by atoms with Crippen molar-refractivity contribution in [1.82, 2.24) is 4.90 Å². The van der Waals surface area contributed by atoms with E-state index in [1.54, 1.807) is 0 Å². The summed E-state index contributed by atoms with van der Waals surface area (Å²) in [4.78, 5) is 13.6.